The number of rotatable bonds is 8. The third-order valence-electron chi connectivity index (χ3n) is 3.97. The van der Waals surface area contributed by atoms with Crippen LogP contribution in [0.3, 0.4) is 0 Å². The van der Waals surface area contributed by atoms with E-state index in [0.29, 0.717) is 0 Å². The van der Waals surface area contributed by atoms with Gasteiger partial charge in [-0.3, -0.25) is 0 Å². The molecule has 1 fully saturated rings. The Labute approximate surface area is 138 Å². The van der Waals surface area contributed by atoms with Crippen molar-refractivity contribution >= 4 is 15.9 Å². The molecule has 0 aliphatic heterocycles. The predicted octanol–water partition coefficient (Wildman–Crippen LogP) is 5.59. The number of alkyl halides is 1. The van der Waals surface area contributed by atoms with Crippen molar-refractivity contribution in [2.75, 3.05) is 18.9 Å². The Kier molecular flexibility index (Phi) is 17.3. The van der Waals surface area contributed by atoms with Gasteiger partial charge in [0.15, 0.2) is 0 Å². The Balaban J connectivity index is 0. The standard InChI is InChI=1S/C14H27BrN.CH3.W/c1-16-12-10-14-8-6-13(7-9-14)5-3-2-4-11-15;;/h13-14H,2-12H2,1H3;1H3;/q2*-1;+2. The summed E-state index contributed by atoms with van der Waals surface area (Å²) in [7, 11) is 1.94. The van der Waals surface area contributed by atoms with Crippen molar-refractivity contribution in [1.82, 2.24) is 0 Å². The Hall–Kier alpha value is 1.13. The Bertz CT molecular complexity index is 159. The molecule has 1 saturated carbocycles. The molecule has 3 heteroatoms. The maximum atomic E-state index is 4.21. The third-order valence-corrected chi connectivity index (χ3v) is 4.53. The average Bonchev–Trinajstić information content (AvgIpc) is 2.33. The van der Waals surface area contributed by atoms with Crippen LogP contribution >= 0.6 is 15.9 Å². The molecule has 1 nitrogen and oxygen atoms in total. The first kappa shape index (κ1) is 21.4. The molecule has 18 heavy (non-hydrogen) atoms. The second-order valence-electron chi connectivity index (χ2n) is 5.25. The fourth-order valence-corrected chi connectivity index (χ4v) is 3.22. The summed E-state index contributed by atoms with van der Waals surface area (Å²) >= 11 is 3.50. The van der Waals surface area contributed by atoms with Crippen LogP contribution in [0.15, 0.2) is 0 Å². The molecule has 0 spiro atoms. The average molecular weight is 488 g/mol. The molecule has 0 unspecified atom stereocenters. The number of halogens is 1. The second kappa shape index (κ2) is 14.5. The van der Waals surface area contributed by atoms with Crippen LogP contribution in [0.1, 0.15) is 57.8 Å². The molecule has 0 amide bonds. The Morgan fingerprint density at radius 2 is 1.50 bits per heavy atom. The van der Waals surface area contributed by atoms with Crippen molar-refractivity contribution in [3.8, 4) is 0 Å². The molecule has 108 valence electrons. The quantitative estimate of drug-likeness (QED) is 0.241. The Morgan fingerprint density at radius 3 is 2.00 bits per heavy atom. The van der Waals surface area contributed by atoms with Crippen molar-refractivity contribution in [1.29, 1.82) is 0 Å². The summed E-state index contributed by atoms with van der Waals surface area (Å²) in [4.78, 5) is 0. The largest absolute Gasteiger partial charge is 2.00 e. The fourth-order valence-electron chi connectivity index (χ4n) is 2.82. The van der Waals surface area contributed by atoms with Gasteiger partial charge in [-0.1, -0.05) is 67.3 Å². The maximum Gasteiger partial charge on any atom is 2.00 e. The van der Waals surface area contributed by atoms with Crippen molar-refractivity contribution in [3.05, 3.63) is 12.7 Å². The van der Waals surface area contributed by atoms with E-state index in [9.17, 15) is 0 Å². The molecular weight excluding hydrogens is 458 g/mol. The molecule has 0 saturated heterocycles. The molecule has 0 radical (unpaired) electrons. The van der Waals surface area contributed by atoms with Gasteiger partial charge in [-0.2, -0.15) is 7.05 Å². The molecule has 0 atom stereocenters. The fraction of sp³-hybridized carbons (Fsp3) is 0.933. The van der Waals surface area contributed by atoms with E-state index in [1.54, 1.807) is 0 Å². The first-order chi connectivity index (χ1) is 7.86. The summed E-state index contributed by atoms with van der Waals surface area (Å²) in [5.74, 6) is 2.03. The number of nitrogens with zero attached hydrogens (tertiary/aromatic N) is 1. The van der Waals surface area contributed by atoms with Gasteiger partial charge in [-0.25, -0.2) is 0 Å². The maximum absolute atomic E-state index is 4.21. The minimum absolute atomic E-state index is 0. The van der Waals surface area contributed by atoms with E-state index in [1.807, 2.05) is 7.05 Å². The molecule has 0 aromatic rings. The van der Waals surface area contributed by atoms with Crippen LogP contribution in [0, 0.1) is 19.3 Å². The van der Waals surface area contributed by atoms with Crippen molar-refractivity contribution in [2.24, 2.45) is 11.8 Å². The van der Waals surface area contributed by atoms with Crippen molar-refractivity contribution in [3.63, 3.8) is 0 Å². The van der Waals surface area contributed by atoms with Crippen LogP contribution in [0.4, 0.5) is 0 Å². The second-order valence-corrected chi connectivity index (χ2v) is 6.05. The molecule has 1 aliphatic carbocycles. The topological polar surface area (TPSA) is 14.1 Å². The zero-order valence-electron chi connectivity index (χ0n) is 12.2. The van der Waals surface area contributed by atoms with Gasteiger partial charge in [0.1, 0.15) is 0 Å². The number of hydrogen-bond donors (Lipinski definition) is 0. The van der Waals surface area contributed by atoms with E-state index >= 15 is 0 Å². The van der Waals surface area contributed by atoms with E-state index < -0.39 is 0 Å². The normalized spacial score (nSPS) is 23.0. The van der Waals surface area contributed by atoms with E-state index in [0.717, 1.165) is 18.4 Å². The van der Waals surface area contributed by atoms with Crippen LogP contribution in [0.5, 0.6) is 0 Å². The first-order valence-electron chi connectivity index (χ1n) is 6.98. The van der Waals surface area contributed by atoms with Crippen LogP contribution in [-0.4, -0.2) is 18.9 Å². The van der Waals surface area contributed by atoms with Gasteiger partial charge < -0.3 is 12.7 Å². The van der Waals surface area contributed by atoms with Gasteiger partial charge in [0.05, 0.1) is 0 Å². The number of hydrogen-bond acceptors (Lipinski definition) is 0. The zero-order valence-corrected chi connectivity index (χ0v) is 16.7. The summed E-state index contributed by atoms with van der Waals surface area (Å²) in [5, 5.41) is 5.40. The molecule has 0 bridgehead atoms. The SMILES string of the molecule is C[N-]CCC1CCC(CCCCCBr)CC1.[CH3-].[W+2]. The Morgan fingerprint density at radius 1 is 0.944 bits per heavy atom. The number of unbranched alkanes of at least 4 members (excludes halogenated alkanes) is 2. The van der Waals surface area contributed by atoms with Crippen LogP contribution < -0.4 is 0 Å². The van der Waals surface area contributed by atoms with Crippen LogP contribution in [0.2, 0.25) is 0 Å². The monoisotopic (exact) mass is 487 g/mol. The van der Waals surface area contributed by atoms with E-state index in [2.05, 4.69) is 21.2 Å². The van der Waals surface area contributed by atoms with Gasteiger partial charge in [-0.05, 0) is 18.3 Å². The van der Waals surface area contributed by atoms with Crippen LogP contribution in [-0.2, 0) is 21.1 Å². The molecule has 0 aromatic heterocycles. The van der Waals surface area contributed by atoms with Gasteiger partial charge in [-0.15, -0.1) is 6.54 Å². The molecule has 1 aliphatic rings. The van der Waals surface area contributed by atoms with Crippen molar-refractivity contribution < 1.29 is 21.1 Å². The molecule has 0 aromatic carbocycles. The summed E-state index contributed by atoms with van der Waals surface area (Å²) in [5.41, 5.74) is 0. The molecule has 1 rings (SSSR count). The van der Waals surface area contributed by atoms with Gasteiger partial charge in [0.25, 0.3) is 0 Å². The minimum Gasteiger partial charge on any atom is -0.665 e. The molecule has 0 heterocycles. The van der Waals surface area contributed by atoms with Gasteiger partial charge in [0.2, 0.25) is 0 Å². The predicted molar refractivity (Wildman–Crippen MR) is 82.9 cm³/mol. The van der Waals surface area contributed by atoms with Gasteiger partial charge >= 0.3 is 21.1 Å². The van der Waals surface area contributed by atoms with E-state index in [-0.39, 0.29) is 28.5 Å². The third kappa shape index (κ3) is 9.98. The summed E-state index contributed by atoms with van der Waals surface area (Å²) in [6.07, 6.45) is 13.0. The summed E-state index contributed by atoms with van der Waals surface area (Å²) < 4.78 is 0. The van der Waals surface area contributed by atoms with Crippen molar-refractivity contribution in [2.45, 2.75) is 57.8 Å². The zero-order chi connectivity index (χ0) is 11.6. The van der Waals surface area contributed by atoms with E-state index in [1.165, 1.54) is 63.1 Å². The van der Waals surface area contributed by atoms with Gasteiger partial charge in [0, 0.05) is 5.33 Å². The molecule has 0 N–H and O–H groups in total. The summed E-state index contributed by atoms with van der Waals surface area (Å²) in [6, 6.07) is 0. The minimum atomic E-state index is 0. The first-order valence-corrected chi connectivity index (χ1v) is 8.10. The summed E-state index contributed by atoms with van der Waals surface area (Å²) in [6.45, 7) is 1.08. The van der Waals surface area contributed by atoms with Crippen LogP contribution in [0.25, 0.3) is 5.32 Å². The smallest absolute Gasteiger partial charge is 0.665 e. The van der Waals surface area contributed by atoms with E-state index in [4.69, 9.17) is 0 Å². The molecular formula is C15H30BrNW.